The van der Waals surface area contributed by atoms with Crippen molar-refractivity contribution in [1.29, 1.82) is 0 Å². The van der Waals surface area contributed by atoms with E-state index in [1.54, 1.807) is 12.3 Å². The number of ether oxygens (including phenoxy) is 1. The summed E-state index contributed by atoms with van der Waals surface area (Å²) in [6.45, 7) is 0. The van der Waals surface area contributed by atoms with Gasteiger partial charge in [0.15, 0.2) is 5.78 Å². The lowest BCUT2D eigenvalue weighted by atomic mass is 10.1. The van der Waals surface area contributed by atoms with E-state index in [-0.39, 0.29) is 11.7 Å². The summed E-state index contributed by atoms with van der Waals surface area (Å²) >= 11 is 0. The van der Waals surface area contributed by atoms with Crippen LogP contribution in [0.5, 0.6) is 0 Å². The van der Waals surface area contributed by atoms with Crippen LogP contribution in [0.2, 0.25) is 0 Å². The lowest BCUT2D eigenvalue weighted by molar-refractivity contribution is 0.0595. The molecule has 1 fully saturated rings. The van der Waals surface area contributed by atoms with Gasteiger partial charge in [0.05, 0.1) is 7.11 Å². The van der Waals surface area contributed by atoms with Gasteiger partial charge in [-0.25, -0.2) is 4.79 Å². The van der Waals surface area contributed by atoms with Gasteiger partial charge in [0.1, 0.15) is 5.69 Å². The van der Waals surface area contributed by atoms with Crippen molar-refractivity contribution >= 4 is 11.8 Å². The van der Waals surface area contributed by atoms with E-state index < -0.39 is 5.97 Å². The van der Waals surface area contributed by atoms with Crippen LogP contribution < -0.4 is 0 Å². The van der Waals surface area contributed by atoms with Gasteiger partial charge in [-0.2, -0.15) is 0 Å². The normalized spacial score (nSPS) is 15.2. The Kier molecular flexibility index (Phi) is 2.11. The average molecular weight is 193 g/mol. The summed E-state index contributed by atoms with van der Waals surface area (Å²) in [5, 5.41) is 0. The van der Waals surface area contributed by atoms with Crippen LogP contribution in [0.3, 0.4) is 0 Å². The maximum Gasteiger partial charge on any atom is 0.354 e. The molecule has 0 aliphatic heterocycles. The highest BCUT2D eigenvalue weighted by Gasteiger charge is 2.31. The van der Waals surface area contributed by atoms with Crippen molar-refractivity contribution in [2.24, 2.45) is 5.92 Å². The van der Waals surface area contributed by atoms with Crippen LogP contribution in [-0.2, 0) is 4.74 Å². The summed E-state index contributed by atoms with van der Waals surface area (Å²) in [6, 6.07) is 1.55. The first-order chi connectivity index (χ1) is 6.72. The molecule has 1 aliphatic carbocycles. The van der Waals surface area contributed by atoms with Crippen molar-refractivity contribution in [3.63, 3.8) is 0 Å². The minimum Gasteiger partial charge on any atom is -0.464 e. The summed E-state index contributed by atoms with van der Waals surface area (Å²) in [5.41, 5.74) is 0.907. The molecule has 0 atom stereocenters. The number of methoxy groups -OCH3 is 1. The molecule has 74 valence electrons. The van der Waals surface area contributed by atoms with Crippen molar-refractivity contribution in [1.82, 2.24) is 4.98 Å². The quantitative estimate of drug-likeness (QED) is 0.583. The predicted molar refractivity (Wildman–Crippen MR) is 49.2 cm³/mol. The summed E-state index contributed by atoms with van der Waals surface area (Å²) < 4.78 is 4.52. The molecule has 0 bridgehead atoms. The van der Waals surface area contributed by atoms with Crippen LogP contribution in [0.4, 0.5) is 0 Å². The van der Waals surface area contributed by atoms with E-state index in [4.69, 9.17) is 0 Å². The number of carbonyl (C=O) groups is 2. The number of Topliss-reactive ketones (excluding diaryl/α,β-unsaturated/α-hetero) is 1. The molecule has 1 aromatic rings. The number of nitrogens with one attached hydrogen (secondary N) is 1. The van der Waals surface area contributed by atoms with Gasteiger partial charge in [-0.15, -0.1) is 0 Å². The van der Waals surface area contributed by atoms with Gasteiger partial charge in [-0.05, 0) is 18.9 Å². The molecule has 1 aliphatic rings. The van der Waals surface area contributed by atoms with Crippen molar-refractivity contribution in [3.8, 4) is 0 Å². The molecule has 1 N–H and O–H groups in total. The van der Waals surface area contributed by atoms with Crippen molar-refractivity contribution in [2.45, 2.75) is 12.8 Å². The molecule has 0 amide bonds. The third-order valence-electron chi connectivity index (χ3n) is 2.32. The number of hydrogen-bond donors (Lipinski definition) is 1. The molecule has 1 saturated carbocycles. The number of rotatable bonds is 3. The third-order valence-corrected chi connectivity index (χ3v) is 2.32. The Balaban J connectivity index is 2.16. The molecular weight excluding hydrogens is 182 g/mol. The third kappa shape index (κ3) is 1.55. The summed E-state index contributed by atoms with van der Waals surface area (Å²) in [4.78, 5) is 25.4. The van der Waals surface area contributed by atoms with Crippen LogP contribution in [-0.4, -0.2) is 23.8 Å². The molecule has 1 heterocycles. The molecule has 4 heteroatoms. The fraction of sp³-hybridized carbons (Fsp3) is 0.400. The number of aromatic amines is 1. The highest BCUT2D eigenvalue weighted by molar-refractivity contribution is 6.01. The zero-order chi connectivity index (χ0) is 10.1. The Bertz CT molecular complexity index is 376. The maximum atomic E-state index is 11.6. The van der Waals surface area contributed by atoms with Crippen molar-refractivity contribution < 1.29 is 14.3 Å². The van der Waals surface area contributed by atoms with Crippen LogP contribution in [0, 0.1) is 5.92 Å². The number of carbonyl (C=O) groups excluding carboxylic acids is 2. The maximum absolute atomic E-state index is 11.6. The zero-order valence-corrected chi connectivity index (χ0v) is 7.87. The largest absolute Gasteiger partial charge is 0.464 e. The lowest BCUT2D eigenvalue weighted by Crippen LogP contribution is -2.01. The van der Waals surface area contributed by atoms with Gasteiger partial charge in [-0.1, -0.05) is 0 Å². The fourth-order valence-corrected chi connectivity index (χ4v) is 1.35. The minimum atomic E-state index is -0.445. The molecule has 0 radical (unpaired) electrons. The standard InChI is InChI=1S/C10H11NO3/c1-14-10(13)8-4-7(5-11-8)9(12)6-2-3-6/h4-6,11H,2-3H2,1H3. The zero-order valence-electron chi connectivity index (χ0n) is 7.87. The second kappa shape index (κ2) is 3.29. The average Bonchev–Trinajstić information content (AvgIpc) is 2.93. The number of esters is 1. The fourth-order valence-electron chi connectivity index (χ4n) is 1.35. The minimum absolute atomic E-state index is 0.122. The first-order valence-corrected chi connectivity index (χ1v) is 4.53. The van der Waals surface area contributed by atoms with Crippen LogP contribution in [0.15, 0.2) is 12.3 Å². The van der Waals surface area contributed by atoms with E-state index in [2.05, 4.69) is 9.72 Å². The van der Waals surface area contributed by atoms with Crippen LogP contribution in [0.1, 0.15) is 33.7 Å². The molecule has 0 aromatic carbocycles. The Morgan fingerprint density at radius 2 is 2.21 bits per heavy atom. The van der Waals surface area contributed by atoms with Gasteiger partial charge in [0, 0.05) is 17.7 Å². The Morgan fingerprint density at radius 3 is 2.79 bits per heavy atom. The number of aromatic nitrogens is 1. The summed E-state index contributed by atoms with van der Waals surface area (Å²) in [6.07, 6.45) is 3.50. The van der Waals surface area contributed by atoms with Gasteiger partial charge in [0.2, 0.25) is 0 Å². The second-order valence-electron chi connectivity index (χ2n) is 3.43. The van der Waals surface area contributed by atoms with Crippen molar-refractivity contribution in [3.05, 3.63) is 23.5 Å². The van der Waals surface area contributed by atoms with E-state index in [0.29, 0.717) is 11.3 Å². The Hall–Kier alpha value is -1.58. The number of ketones is 1. The first-order valence-electron chi connectivity index (χ1n) is 4.53. The Labute approximate surface area is 81.3 Å². The van der Waals surface area contributed by atoms with Gasteiger partial charge < -0.3 is 9.72 Å². The number of hydrogen-bond acceptors (Lipinski definition) is 3. The molecule has 0 saturated heterocycles. The van der Waals surface area contributed by atoms with E-state index in [1.807, 2.05) is 0 Å². The lowest BCUT2D eigenvalue weighted by Gasteiger charge is -1.92. The SMILES string of the molecule is COC(=O)c1cc(C(=O)C2CC2)c[nH]1. The Morgan fingerprint density at radius 1 is 1.50 bits per heavy atom. The molecule has 1 aromatic heterocycles. The summed E-state index contributed by atoms with van der Waals surface area (Å²) in [7, 11) is 1.31. The van der Waals surface area contributed by atoms with E-state index in [9.17, 15) is 9.59 Å². The smallest absolute Gasteiger partial charge is 0.354 e. The monoisotopic (exact) mass is 193 g/mol. The van der Waals surface area contributed by atoms with Crippen LogP contribution >= 0.6 is 0 Å². The van der Waals surface area contributed by atoms with E-state index in [1.165, 1.54) is 7.11 Å². The van der Waals surface area contributed by atoms with Gasteiger partial charge in [0.25, 0.3) is 0 Å². The molecule has 0 unspecified atom stereocenters. The van der Waals surface area contributed by atoms with E-state index in [0.717, 1.165) is 12.8 Å². The predicted octanol–water partition coefficient (Wildman–Crippen LogP) is 1.39. The highest BCUT2D eigenvalue weighted by atomic mass is 16.5. The molecule has 2 rings (SSSR count). The van der Waals surface area contributed by atoms with E-state index >= 15 is 0 Å². The van der Waals surface area contributed by atoms with Gasteiger partial charge >= 0.3 is 5.97 Å². The van der Waals surface area contributed by atoms with Crippen molar-refractivity contribution in [2.75, 3.05) is 7.11 Å². The van der Waals surface area contributed by atoms with Gasteiger partial charge in [-0.3, -0.25) is 4.79 Å². The molecule has 14 heavy (non-hydrogen) atoms. The second-order valence-corrected chi connectivity index (χ2v) is 3.43. The number of H-pyrrole nitrogens is 1. The summed E-state index contributed by atoms with van der Waals surface area (Å²) in [5.74, 6) is -0.146. The first kappa shape index (κ1) is 8.99. The van der Waals surface area contributed by atoms with Crippen LogP contribution in [0.25, 0.3) is 0 Å². The molecule has 0 spiro atoms. The molecular formula is C10H11NO3. The molecule has 4 nitrogen and oxygen atoms in total. The topological polar surface area (TPSA) is 59.2 Å². The highest BCUT2D eigenvalue weighted by Crippen LogP contribution is 2.32.